The molecule has 2 fully saturated rings. The molecular formula is C22H27N5O4. The van der Waals surface area contributed by atoms with Crippen molar-refractivity contribution in [2.24, 2.45) is 11.1 Å². The number of rotatable bonds is 6. The van der Waals surface area contributed by atoms with Crippen LogP contribution in [0.5, 0.6) is 11.5 Å². The molecule has 2 saturated heterocycles. The molecule has 0 bridgehead atoms. The van der Waals surface area contributed by atoms with Crippen molar-refractivity contribution in [3.8, 4) is 11.5 Å². The van der Waals surface area contributed by atoms with Gasteiger partial charge in [-0.2, -0.15) is 0 Å². The first kappa shape index (κ1) is 20.9. The zero-order valence-corrected chi connectivity index (χ0v) is 17.8. The van der Waals surface area contributed by atoms with Gasteiger partial charge >= 0.3 is 0 Å². The fourth-order valence-electron chi connectivity index (χ4n) is 4.66. The van der Waals surface area contributed by atoms with Gasteiger partial charge in [-0.15, -0.1) is 0 Å². The standard InChI is InChI=1S/C22H27N5O4/c1-30-17-6-3-5-15(19(17)31-2)13-26-9-4-7-22(21(26)29)8-10-27(14-22)18-12-24-11-16(25-18)20(23)28/h3,5-6,11-12H,4,7-10,13-14H2,1-2H3,(H2,23,28)/t22-/m1/s1. The summed E-state index contributed by atoms with van der Waals surface area (Å²) in [4.78, 5) is 37.4. The fourth-order valence-corrected chi connectivity index (χ4v) is 4.66. The summed E-state index contributed by atoms with van der Waals surface area (Å²) in [7, 11) is 3.21. The lowest BCUT2D eigenvalue weighted by Gasteiger charge is -2.39. The molecule has 164 valence electrons. The van der Waals surface area contributed by atoms with Crippen molar-refractivity contribution in [2.45, 2.75) is 25.8 Å². The van der Waals surface area contributed by atoms with E-state index in [1.807, 2.05) is 28.0 Å². The summed E-state index contributed by atoms with van der Waals surface area (Å²) in [5.41, 5.74) is 5.92. The van der Waals surface area contributed by atoms with Crippen LogP contribution < -0.4 is 20.1 Å². The molecule has 0 aliphatic carbocycles. The zero-order valence-electron chi connectivity index (χ0n) is 17.8. The van der Waals surface area contributed by atoms with Crippen molar-refractivity contribution in [2.75, 3.05) is 38.8 Å². The second-order valence-corrected chi connectivity index (χ2v) is 8.06. The summed E-state index contributed by atoms with van der Waals surface area (Å²) in [6.45, 7) is 2.41. The highest BCUT2D eigenvalue weighted by Crippen LogP contribution is 2.42. The lowest BCUT2D eigenvalue weighted by Crippen LogP contribution is -2.49. The lowest BCUT2D eigenvalue weighted by molar-refractivity contribution is -0.145. The molecule has 9 heteroatoms. The number of piperidine rings is 1. The number of carbonyl (C=O) groups is 2. The number of anilines is 1. The van der Waals surface area contributed by atoms with E-state index in [4.69, 9.17) is 15.2 Å². The van der Waals surface area contributed by atoms with Gasteiger partial charge in [-0.25, -0.2) is 4.98 Å². The maximum Gasteiger partial charge on any atom is 0.268 e. The van der Waals surface area contributed by atoms with Crippen molar-refractivity contribution in [3.63, 3.8) is 0 Å². The van der Waals surface area contributed by atoms with Crippen LogP contribution >= 0.6 is 0 Å². The van der Waals surface area contributed by atoms with Crippen molar-refractivity contribution >= 4 is 17.6 Å². The van der Waals surface area contributed by atoms with Gasteiger partial charge in [0.05, 0.1) is 32.0 Å². The van der Waals surface area contributed by atoms with Crippen molar-refractivity contribution in [3.05, 3.63) is 41.9 Å². The molecule has 4 rings (SSSR count). The Labute approximate surface area is 181 Å². The number of carbonyl (C=O) groups excluding carboxylic acids is 2. The van der Waals surface area contributed by atoms with E-state index in [2.05, 4.69) is 9.97 Å². The van der Waals surface area contributed by atoms with Gasteiger partial charge in [0.1, 0.15) is 11.5 Å². The maximum atomic E-state index is 13.6. The third-order valence-electron chi connectivity index (χ3n) is 6.22. The highest BCUT2D eigenvalue weighted by atomic mass is 16.5. The number of para-hydroxylation sites is 1. The minimum absolute atomic E-state index is 0.125. The molecule has 1 spiro atoms. The molecule has 1 aromatic carbocycles. The van der Waals surface area contributed by atoms with E-state index >= 15 is 0 Å². The highest BCUT2D eigenvalue weighted by molar-refractivity contribution is 5.90. The van der Waals surface area contributed by atoms with Gasteiger partial charge in [0.2, 0.25) is 5.91 Å². The minimum Gasteiger partial charge on any atom is -0.493 e. The van der Waals surface area contributed by atoms with Crippen molar-refractivity contribution < 1.29 is 19.1 Å². The quantitative estimate of drug-likeness (QED) is 0.748. The molecule has 3 heterocycles. The Bertz CT molecular complexity index is 998. The molecule has 1 aromatic heterocycles. The molecule has 1 atom stereocenters. The summed E-state index contributed by atoms with van der Waals surface area (Å²) < 4.78 is 10.9. The Morgan fingerprint density at radius 2 is 2.03 bits per heavy atom. The number of likely N-dealkylation sites (tertiary alicyclic amines) is 1. The van der Waals surface area contributed by atoms with Crippen LogP contribution in [0.2, 0.25) is 0 Å². The Kier molecular flexibility index (Phi) is 5.67. The van der Waals surface area contributed by atoms with Gasteiger partial charge in [0, 0.05) is 31.7 Å². The molecule has 2 aliphatic heterocycles. The molecule has 0 saturated carbocycles. The van der Waals surface area contributed by atoms with Crippen molar-refractivity contribution in [1.82, 2.24) is 14.9 Å². The summed E-state index contributed by atoms with van der Waals surface area (Å²) in [6, 6.07) is 5.71. The largest absolute Gasteiger partial charge is 0.493 e. The van der Waals surface area contributed by atoms with E-state index in [-0.39, 0.29) is 11.6 Å². The third-order valence-corrected chi connectivity index (χ3v) is 6.22. The number of nitrogens with two attached hydrogens (primary N) is 1. The second kappa shape index (κ2) is 8.41. The van der Waals surface area contributed by atoms with Crippen LogP contribution in [0.25, 0.3) is 0 Å². The molecule has 9 nitrogen and oxygen atoms in total. The topological polar surface area (TPSA) is 111 Å². The molecule has 2 aliphatic rings. The molecule has 2 N–H and O–H groups in total. The molecule has 31 heavy (non-hydrogen) atoms. The first-order chi connectivity index (χ1) is 15.0. The molecule has 0 radical (unpaired) electrons. The fraction of sp³-hybridized carbons (Fsp3) is 0.455. The minimum atomic E-state index is -0.615. The maximum absolute atomic E-state index is 13.6. The molecule has 0 unspecified atom stereocenters. The number of ether oxygens (including phenoxy) is 2. The first-order valence-electron chi connectivity index (χ1n) is 10.3. The molecular weight excluding hydrogens is 398 g/mol. The van der Waals surface area contributed by atoms with Gasteiger partial charge in [0.25, 0.3) is 5.91 Å². The third kappa shape index (κ3) is 3.87. The Morgan fingerprint density at radius 3 is 2.77 bits per heavy atom. The van der Waals surface area contributed by atoms with Crippen LogP contribution in [0.1, 0.15) is 35.3 Å². The number of hydrogen-bond donors (Lipinski definition) is 1. The number of benzene rings is 1. The van der Waals surface area contributed by atoms with Crippen LogP contribution in [0.15, 0.2) is 30.6 Å². The van der Waals surface area contributed by atoms with Crippen LogP contribution in [0.4, 0.5) is 5.82 Å². The van der Waals surface area contributed by atoms with E-state index in [0.717, 1.165) is 24.8 Å². The SMILES string of the molecule is COc1cccc(CN2CCC[C@]3(CCN(c4cncc(C(N)=O)n4)C3)C2=O)c1OC. The van der Waals surface area contributed by atoms with Gasteiger partial charge < -0.3 is 25.0 Å². The number of amides is 2. The molecule has 2 amide bonds. The number of nitrogens with zero attached hydrogens (tertiary/aromatic N) is 4. The van der Waals surface area contributed by atoms with E-state index in [1.54, 1.807) is 20.4 Å². The van der Waals surface area contributed by atoms with E-state index in [9.17, 15) is 9.59 Å². The monoisotopic (exact) mass is 425 g/mol. The summed E-state index contributed by atoms with van der Waals surface area (Å²) >= 11 is 0. The van der Waals surface area contributed by atoms with Gasteiger partial charge in [0.15, 0.2) is 11.5 Å². The number of aromatic nitrogens is 2. The Balaban J connectivity index is 1.53. The predicted octanol–water partition coefficient (Wildman–Crippen LogP) is 1.61. The van der Waals surface area contributed by atoms with Crippen molar-refractivity contribution in [1.29, 1.82) is 0 Å². The second-order valence-electron chi connectivity index (χ2n) is 8.06. The summed E-state index contributed by atoms with van der Waals surface area (Å²) in [5, 5.41) is 0. The van der Waals surface area contributed by atoms with Gasteiger partial charge in [-0.1, -0.05) is 12.1 Å². The number of hydrogen-bond acceptors (Lipinski definition) is 7. The summed E-state index contributed by atoms with van der Waals surface area (Å²) in [5.74, 6) is 1.41. The van der Waals surface area contributed by atoms with Crippen LogP contribution in [-0.2, 0) is 11.3 Å². The smallest absolute Gasteiger partial charge is 0.268 e. The predicted molar refractivity (Wildman–Crippen MR) is 114 cm³/mol. The Hall–Kier alpha value is -3.36. The van der Waals surface area contributed by atoms with Gasteiger partial charge in [-0.05, 0) is 25.3 Å². The van der Waals surface area contributed by atoms with Crippen LogP contribution in [0.3, 0.4) is 0 Å². The highest BCUT2D eigenvalue weighted by Gasteiger charge is 2.48. The lowest BCUT2D eigenvalue weighted by atomic mass is 9.78. The van der Waals surface area contributed by atoms with Crippen LogP contribution in [0, 0.1) is 5.41 Å². The average Bonchev–Trinajstić information content (AvgIpc) is 3.22. The normalized spacial score (nSPS) is 20.9. The zero-order chi connectivity index (χ0) is 22.0. The van der Waals surface area contributed by atoms with E-state index in [0.29, 0.717) is 43.5 Å². The first-order valence-corrected chi connectivity index (χ1v) is 10.3. The van der Waals surface area contributed by atoms with E-state index in [1.165, 1.54) is 6.20 Å². The Morgan fingerprint density at radius 1 is 1.19 bits per heavy atom. The average molecular weight is 425 g/mol. The summed E-state index contributed by atoms with van der Waals surface area (Å²) in [6.07, 6.45) is 5.46. The molecule has 2 aromatic rings. The number of primary amides is 1. The van der Waals surface area contributed by atoms with E-state index < -0.39 is 11.3 Å². The van der Waals surface area contributed by atoms with Gasteiger partial charge in [-0.3, -0.25) is 14.6 Å². The van der Waals surface area contributed by atoms with Crippen LogP contribution in [-0.4, -0.2) is 60.5 Å². The number of methoxy groups -OCH3 is 2.